The largest absolute Gasteiger partial charge is 0.411 e. The molecule has 3 heterocycles. The normalized spacial score (nSPS) is 10.6. The molecular weight excluding hydrogens is 276 g/mol. The predicted octanol–water partition coefficient (Wildman–Crippen LogP) is 2.57. The number of nitrogens with zero attached hydrogens (tertiary/aromatic N) is 2. The highest BCUT2D eigenvalue weighted by Crippen LogP contribution is 2.38. The van der Waals surface area contributed by atoms with Crippen LogP contribution in [0.4, 0.5) is 4.79 Å². The summed E-state index contributed by atoms with van der Waals surface area (Å²) in [5, 5.41) is 0.772. The number of primary amides is 1. The van der Waals surface area contributed by atoms with E-state index in [-0.39, 0.29) is 5.88 Å². The van der Waals surface area contributed by atoms with Crippen molar-refractivity contribution in [3.05, 3.63) is 42.7 Å². The molecule has 3 rings (SSSR count). The van der Waals surface area contributed by atoms with Gasteiger partial charge in [0.15, 0.2) is 0 Å². The number of hydrogen-bond acceptors (Lipinski definition) is 5. The molecule has 0 aliphatic rings. The summed E-state index contributed by atoms with van der Waals surface area (Å²) in [6, 6.07) is 9.21. The van der Waals surface area contributed by atoms with Crippen LogP contribution in [-0.4, -0.2) is 21.0 Å². The SMILES string of the molecule is NC(=O)Oc1[nH]c2cccnc2c1Sc1ccccn1. The number of hydrogen-bond donors (Lipinski definition) is 2. The van der Waals surface area contributed by atoms with E-state index in [1.54, 1.807) is 18.5 Å². The van der Waals surface area contributed by atoms with Crippen molar-refractivity contribution in [2.45, 2.75) is 9.92 Å². The summed E-state index contributed by atoms with van der Waals surface area (Å²) in [7, 11) is 0. The summed E-state index contributed by atoms with van der Waals surface area (Å²) in [4.78, 5) is 23.2. The molecule has 0 aliphatic heterocycles. The van der Waals surface area contributed by atoms with Crippen LogP contribution in [-0.2, 0) is 0 Å². The van der Waals surface area contributed by atoms with Crippen molar-refractivity contribution in [2.75, 3.05) is 0 Å². The molecule has 0 spiro atoms. The van der Waals surface area contributed by atoms with Crippen LogP contribution in [0.25, 0.3) is 11.0 Å². The molecule has 20 heavy (non-hydrogen) atoms. The smallest absolute Gasteiger partial charge is 0.392 e. The fourth-order valence-electron chi connectivity index (χ4n) is 1.75. The van der Waals surface area contributed by atoms with Crippen LogP contribution in [0.1, 0.15) is 0 Å². The Kier molecular flexibility index (Phi) is 3.26. The Balaban J connectivity index is 2.08. The number of ether oxygens (including phenoxy) is 1. The number of fused-ring (bicyclic) bond motifs is 1. The molecule has 0 aliphatic carbocycles. The topological polar surface area (TPSA) is 93.9 Å². The third-order valence-corrected chi connectivity index (χ3v) is 3.56. The monoisotopic (exact) mass is 286 g/mol. The van der Waals surface area contributed by atoms with Gasteiger partial charge in [-0.15, -0.1) is 0 Å². The van der Waals surface area contributed by atoms with E-state index in [0.29, 0.717) is 10.4 Å². The van der Waals surface area contributed by atoms with Crippen molar-refractivity contribution < 1.29 is 9.53 Å². The van der Waals surface area contributed by atoms with Crippen LogP contribution in [0.15, 0.2) is 52.6 Å². The second-order valence-corrected chi connectivity index (χ2v) is 4.90. The van der Waals surface area contributed by atoms with Crippen LogP contribution in [0.5, 0.6) is 5.88 Å². The van der Waals surface area contributed by atoms with Gasteiger partial charge in [-0.05, 0) is 24.3 Å². The maximum atomic E-state index is 11.0. The summed E-state index contributed by atoms with van der Waals surface area (Å²) < 4.78 is 5.00. The lowest BCUT2D eigenvalue weighted by molar-refractivity contribution is 0.208. The van der Waals surface area contributed by atoms with Gasteiger partial charge < -0.3 is 15.5 Å². The van der Waals surface area contributed by atoms with Gasteiger partial charge in [-0.2, -0.15) is 0 Å². The number of pyridine rings is 2. The van der Waals surface area contributed by atoms with Gasteiger partial charge in [-0.1, -0.05) is 17.8 Å². The molecule has 3 N–H and O–H groups in total. The third-order valence-electron chi connectivity index (χ3n) is 2.52. The van der Waals surface area contributed by atoms with Crippen LogP contribution in [0, 0.1) is 0 Å². The first-order valence-corrected chi connectivity index (χ1v) is 6.58. The third kappa shape index (κ3) is 2.43. The van der Waals surface area contributed by atoms with Gasteiger partial charge in [0.05, 0.1) is 5.52 Å². The van der Waals surface area contributed by atoms with Crippen LogP contribution in [0.2, 0.25) is 0 Å². The summed E-state index contributed by atoms with van der Waals surface area (Å²) in [6.07, 6.45) is 2.49. The van der Waals surface area contributed by atoms with Crippen molar-refractivity contribution in [3.63, 3.8) is 0 Å². The number of carbonyl (C=O) groups is 1. The quantitative estimate of drug-likeness (QED) is 0.771. The van der Waals surface area contributed by atoms with Gasteiger partial charge in [-0.25, -0.2) is 9.78 Å². The number of carbonyl (C=O) groups excluding carboxylic acids is 1. The molecule has 0 saturated heterocycles. The van der Waals surface area contributed by atoms with E-state index in [2.05, 4.69) is 15.0 Å². The summed E-state index contributed by atoms with van der Waals surface area (Å²) in [5.74, 6) is 0.279. The van der Waals surface area contributed by atoms with E-state index in [0.717, 1.165) is 10.5 Å². The zero-order valence-electron chi connectivity index (χ0n) is 10.2. The van der Waals surface area contributed by atoms with Crippen LogP contribution < -0.4 is 10.5 Å². The molecule has 100 valence electrons. The fraction of sp³-hybridized carbons (Fsp3) is 0. The molecule has 0 saturated carbocycles. The average molecular weight is 286 g/mol. The van der Waals surface area contributed by atoms with Crippen molar-refractivity contribution in [1.82, 2.24) is 15.0 Å². The lowest BCUT2D eigenvalue weighted by Crippen LogP contribution is -2.16. The van der Waals surface area contributed by atoms with Crippen LogP contribution in [0.3, 0.4) is 0 Å². The Morgan fingerprint density at radius 1 is 1.20 bits per heavy atom. The Morgan fingerprint density at radius 3 is 2.80 bits per heavy atom. The van der Waals surface area contributed by atoms with E-state index in [1.807, 2.05) is 24.3 Å². The van der Waals surface area contributed by atoms with E-state index in [4.69, 9.17) is 10.5 Å². The highest BCUT2D eigenvalue weighted by atomic mass is 32.2. The number of aromatic amines is 1. The highest BCUT2D eigenvalue weighted by molar-refractivity contribution is 7.99. The molecular formula is C13H10N4O2S. The molecule has 7 heteroatoms. The number of H-pyrrole nitrogens is 1. The summed E-state index contributed by atoms with van der Waals surface area (Å²) >= 11 is 1.35. The van der Waals surface area contributed by atoms with Gasteiger partial charge in [0.1, 0.15) is 15.4 Å². The number of amides is 1. The molecule has 0 bridgehead atoms. The molecule has 0 fully saturated rings. The van der Waals surface area contributed by atoms with E-state index >= 15 is 0 Å². The van der Waals surface area contributed by atoms with Gasteiger partial charge in [-0.3, -0.25) is 4.98 Å². The summed E-state index contributed by atoms with van der Waals surface area (Å²) in [6.45, 7) is 0. The number of aromatic nitrogens is 3. The second kappa shape index (κ2) is 5.22. The standard InChI is InChI=1S/C13H10N4O2S/c14-13(18)19-12-11(20-9-5-1-2-6-15-9)10-8(17-12)4-3-7-16-10/h1-7,17H,(H2,14,18). The predicted molar refractivity (Wildman–Crippen MR) is 74.7 cm³/mol. The zero-order chi connectivity index (χ0) is 13.9. The van der Waals surface area contributed by atoms with Crippen molar-refractivity contribution in [3.8, 4) is 5.88 Å². The molecule has 0 atom stereocenters. The van der Waals surface area contributed by atoms with Crippen molar-refractivity contribution in [1.29, 1.82) is 0 Å². The Bertz CT molecular complexity index is 757. The first-order chi connectivity index (χ1) is 9.74. The fourth-order valence-corrected chi connectivity index (χ4v) is 2.67. The second-order valence-electron chi connectivity index (χ2n) is 3.87. The maximum Gasteiger partial charge on any atom is 0.411 e. The molecule has 3 aromatic rings. The van der Waals surface area contributed by atoms with Gasteiger partial charge in [0.25, 0.3) is 0 Å². The Hall–Kier alpha value is -2.54. The lowest BCUT2D eigenvalue weighted by atomic mass is 10.4. The number of nitrogens with two attached hydrogens (primary N) is 1. The molecule has 0 aromatic carbocycles. The molecule has 0 unspecified atom stereocenters. The van der Waals surface area contributed by atoms with E-state index in [1.165, 1.54) is 11.8 Å². The van der Waals surface area contributed by atoms with Gasteiger partial charge >= 0.3 is 6.09 Å². The highest BCUT2D eigenvalue weighted by Gasteiger charge is 2.17. The minimum atomic E-state index is -0.876. The molecule has 3 aromatic heterocycles. The Morgan fingerprint density at radius 2 is 2.05 bits per heavy atom. The average Bonchev–Trinajstić information content (AvgIpc) is 2.77. The Labute approximate surface area is 118 Å². The minimum Gasteiger partial charge on any atom is -0.392 e. The van der Waals surface area contributed by atoms with Gasteiger partial charge in [0.2, 0.25) is 5.88 Å². The first kappa shape index (κ1) is 12.5. The van der Waals surface area contributed by atoms with E-state index in [9.17, 15) is 4.79 Å². The van der Waals surface area contributed by atoms with Crippen LogP contribution >= 0.6 is 11.8 Å². The maximum absolute atomic E-state index is 11.0. The number of rotatable bonds is 3. The molecule has 0 radical (unpaired) electrons. The number of nitrogens with one attached hydrogen (secondary N) is 1. The minimum absolute atomic E-state index is 0.279. The first-order valence-electron chi connectivity index (χ1n) is 5.77. The van der Waals surface area contributed by atoms with Gasteiger partial charge in [0, 0.05) is 12.4 Å². The van der Waals surface area contributed by atoms with Crippen molar-refractivity contribution >= 4 is 28.9 Å². The summed E-state index contributed by atoms with van der Waals surface area (Å²) in [5.41, 5.74) is 6.56. The molecule has 6 nitrogen and oxygen atoms in total. The lowest BCUT2D eigenvalue weighted by Gasteiger charge is -2.02. The molecule has 1 amide bonds. The zero-order valence-corrected chi connectivity index (χ0v) is 11.1. The van der Waals surface area contributed by atoms with E-state index < -0.39 is 6.09 Å². The van der Waals surface area contributed by atoms with Crippen molar-refractivity contribution in [2.24, 2.45) is 5.73 Å².